The molecule has 7 nitrogen and oxygen atoms in total. The third-order valence-electron chi connectivity index (χ3n) is 4.24. The standard InChI is InChI=1S/C19H25N5O2S.ClH/c1-5-23-13-10-14(21-23)18(25)24(12-7-11-22(2)3)19-20-17-15(26-4)8-6-9-16(17)27-19;/h6,8-10,13H,5,7,11-12H2,1-4H3;1H. The first-order chi connectivity index (χ1) is 13.0. The van der Waals surface area contributed by atoms with Crippen molar-refractivity contribution in [3.8, 4) is 5.75 Å². The molecule has 3 aromatic rings. The number of hydrogen-bond acceptors (Lipinski definition) is 6. The number of hydrogen-bond donors (Lipinski definition) is 0. The molecule has 0 N–H and O–H groups in total. The van der Waals surface area contributed by atoms with E-state index in [2.05, 4.69) is 10.00 Å². The summed E-state index contributed by atoms with van der Waals surface area (Å²) in [6, 6.07) is 7.57. The number of benzene rings is 1. The van der Waals surface area contributed by atoms with Crippen LogP contribution in [0, 0.1) is 0 Å². The van der Waals surface area contributed by atoms with Gasteiger partial charge in [-0.1, -0.05) is 17.4 Å². The minimum atomic E-state index is -0.126. The lowest BCUT2D eigenvalue weighted by molar-refractivity contribution is 0.0980. The fourth-order valence-corrected chi connectivity index (χ4v) is 3.82. The van der Waals surface area contributed by atoms with Crippen molar-refractivity contribution in [2.75, 3.05) is 39.2 Å². The molecule has 2 aromatic heterocycles. The molecule has 1 amide bonds. The normalized spacial score (nSPS) is 10.9. The second-order valence-electron chi connectivity index (χ2n) is 6.47. The van der Waals surface area contributed by atoms with Crippen LogP contribution in [-0.4, -0.2) is 59.9 Å². The lowest BCUT2D eigenvalue weighted by Gasteiger charge is -2.20. The summed E-state index contributed by atoms with van der Waals surface area (Å²) < 4.78 is 8.17. The Hall–Kier alpha value is -2.16. The van der Waals surface area contributed by atoms with Crippen LogP contribution in [0.2, 0.25) is 0 Å². The van der Waals surface area contributed by atoms with E-state index in [9.17, 15) is 4.79 Å². The molecule has 0 aliphatic carbocycles. The van der Waals surface area contributed by atoms with Gasteiger partial charge in [0.25, 0.3) is 5.91 Å². The van der Waals surface area contributed by atoms with Gasteiger partial charge in [-0.25, -0.2) is 4.98 Å². The van der Waals surface area contributed by atoms with E-state index >= 15 is 0 Å². The van der Waals surface area contributed by atoms with Crippen molar-refractivity contribution >= 4 is 45.0 Å². The zero-order valence-electron chi connectivity index (χ0n) is 16.6. The molecule has 1 aromatic carbocycles. The minimum absolute atomic E-state index is 0. The summed E-state index contributed by atoms with van der Waals surface area (Å²) in [7, 11) is 5.68. The molecule has 0 fully saturated rings. The Bertz CT molecular complexity index is 924. The van der Waals surface area contributed by atoms with Crippen LogP contribution < -0.4 is 9.64 Å². The maximum Gasteiger partial charge on any atom is 0.280 e. The number of anilines is 1. The van der Waals surface area contributed by atoms with Crippen molar-refractivity contribution in [1.82, 2.24) is 19.7 Å². The Balaban J connectivity index is 0.00000280. The summed E-state index contributed by atoms with van der Waals surface area (Å²) in [5.41, 5.74) is 1.22. The Kier molecular flexibility index (Phi) is 7.79. The van der Waals surface area contributed by atoms with Crippen molar-refractivity contribution in [3.63, 3.8) is 0 Å². The molecule has 0 unspecified atom stereocenters. The largest absolute Gasteiger partial charge is 0.494 e. The second kappa shape index (κ2) is 9.86. The lowest BCUT2D eigenvalue weighted by Crippen LogP contribution is -2.33. The molecule has 3 rings (SSSR count). The van der Waals surface area contributed by atoms with Crippen molar-refractivity contribution in [2.45, 2.75) is 19.9 Å². The zero-order valence-corrected chi connectivity index (χ0v) is 18.2. The highest BCUT2D eigenvalue weighted by molar-refractivity contribution is 7.22. The number of para-hydroxylation sites is 1. The van der Waals surface area contributed by atoms with Gasteiger partial charge in [0, 0.05) is 19.3 Å². The van der Waals surface area contributed by atoms with Crippen LogP contribution in [0.5, 0.6) is 5.75 Å². The Morgan fingerprint density at radius 3 is 2.68 bits per heavy atom. The molecule has 0 aliphatic heterocycles. The molecule has 0 atom stereocenters. The number of amides is 1. The molecule has 9 heteroatoms. The average molecular weight is 424 g/mol. The first-order valence-corrected chi connectivity index (χ1v) is 9.78. The van der Waals surface area contributed by atoms with Gasteiger partial charge >= 0.3 is 0 Å². The van der Waals surface area contributed by atoms with Gasteiger partial charge in [-0.3, -0.25) is 14.4 Å². The van der Waals surface area contributed by atoms with Crippen molar-refractivity contribution in [3.05, 3.63) is 36.2 Å². The molecular weight excluding hydrogens is 398 g/mol. The van der Waals surface area contributed by atoms with E-state index < -0.39 is 0 Å². The van der Waals surface area contributed by atoms with Crippen LogP contribution in [0.3, 0.4) is 0 Å². The van der Waals surface area contributed by atoms with E-state index in [1.54, 1.807) is 22.8 Å². The predicted molar refractivity (Wildman–Crippen MR) is 116 cm³/mol. The number of methoxy groups -OCH3 is 1. The molecule has 0 saturated heterocycles. The van der Waals surface area contributed by atoms with Crippen LogP contribution in [0.15, 0.2) is 30.5 Å². The number of aryl methyl sites for hydroxylation is 1. The lowest BCUT2D eigenvalue weighted by atomic mass is 10.3. The number of nitrogens with zero attached hydrogens (tertiary/aromatic N) is 5. The van der Waals surface area contributed by atoms with Crippen molar-refractivity contribution in [2.24, 2.45) is 0 Å². The minimum Gasteiger partial charge on any atom is -0.494 e. The van der Waals surface area contributed by atoms with Gasteiger partial charge in [0.15, 0.2) is 10.8 Å². The molecule has 0 spiro atoms. The maximum atomic E-state index is 13.2. The Morgan fingerprint density at radius 2 is 2.04 bits per heavy atom. The van der Waals surface area contributed by atoms with Crippen LogP contribution in [-0.2, 0) is 6.54 Å². The van der Waals surface area contributed by atoms with Gasteiger partial charge in [-0.05, 0) is 52.2 Å². The SMILES string of the molecule is CCn1ccc(C(=O)N(CCCN(C)C)c2nc3c(OC)cccc3s2)n1.Cl. The highest BCUT2D eigenvalue weighted by atomic mass is 35.5. The molecule has 152 valence electrons. The first-order valence-electron chi connectivity index (χ1n) is 8.97. The van der Waals surface area contributed by atoms with Crippen LogP contribution >= 0.6 is 23.7 Å². The maximum absolute atomic E-state index is 13.2. The summed E-state index contributed by atoms with van der Waals surface area (Å²) >= 11 is 1.50. The fourth-order valence-electron chi connectivity index (χ4n) is 2.81. The highest BCUT2D eigenvalue weighted by Gasteiger charge is 2.23. The van der Waals surface area contributed by atoms with E-state index in [1.165, 1.54) is 11.3 Å². The van der Waals surface area contributed by atoms with E-state index in [0.29, 0.717) is 23.1 Å². The highest BCUT2D eigenvalue weighted by Crippen LogP contribution is 2.34. The molecule has 0 saturated carbocycles. The van der Waals surface area contributed by atoms with Gasteiger partial charge in [0.1, 0.15) is 11.3 Å². The van der Waals surface area contributed by atoms with E-state index in [0.717, 1.165) is 29.7 Å². The molecule has 28 heavy (non-hydrogen) atoms. The van der Waals surface area contributed by atoms with Gasteiger partial charge in [-0.15, -0.1) is 12.4 Å². The quantitative estimate of drug-likeness (QED) is 0.554. The summed E-state index contributed by atoms with van der Waals surface area (Å²) in [4.78, 5) is 21.7. The molecule has 0 bridgehead atoms. The smallest absolute Gasteiger partial charge is 0.280 e. The average Bonchev–Trinajstić information content (AvgIpc) is 3.30. The number of rotatable bonds is 8. The Labute approximate surface area is 175 Å². The number of carbonyl (C=O) groups excluding carboxylic acids is 1. The third kappa shape index (κ3) is 4.81. The number of aromatic nitrogens is 3. The Morgan fingerprint density at radius 1 is 1.25 bits per heavy atom. The number of thiazole rings is 1. The second-order valence-corrected chi connectivity index (χ2v) is 7.48. The fraction of sp³-hybridized carbons (Fsp3) is 0.421. The topological polar surface area (TPSA) is 63.5 Å². The summed E-state index contributed by atoms with van der Waals surface area (Å²) in [5.74, 6) is 0.588. The molecule has 0 aliphatic rings. The van der Waals surface area contributed by atoms with Crippen molar-refractivity contribution in [1.29, 1.82) is 0 Å². The number of halogens is 1. The van der Waals surface area contributed by atoms with Gasteiger partial charge < -0.3 is 9.64 Å². The van der Waals surface area contributed by atoms with Crippen molar-refractivity contribution < 1.29 is 9.53 Å². The molecule has 0 radical (unpaired) electrons. The van der Waals surface area contributed by atoms with Crippen LogP contribution in [0.4, 0.5) is 5.13 Å². The van der Waals surface area contributed by atoms with Gasteiger partial charge in [0.05, 0.1) is 11.8 Å². The summed E-state index contributed by atoms with van der Waals surface area (Å²) in [6.45, 7) is 4.20. The monoisotopic (exact) mass is 423 g/mol. The predicted octanol–water partition coefficient (Wildman–Crippen LogP) is 3.54. The third-order valence-corrected chi connectivity index (χ3v) is 5.28. The van der Waals surface area contributed by atoms with Crippen LogP contribution in [0.25, 0.3) is 10.2 Å². The molecular formula is C19H26ClN5O2S. The number of carbonyl (C=O) groups is 1. The summed E-state index contributed by atoms with van der Waals surface area (Å²) in [6.07, 6.45) is 2.67. The van der Waals surface area contributed by atoms with E-state index in [4.69, 9.17) is 9.72 Å². The zero-order chi connectivity index (χ0) is 19.4. The number of ether oxygens (including phenoxy) is 1. The molecule has 2 heterocycles. The van der Waals surface area contributed by atoms with Gasteiger partial charge in [0.2, 0.25) is 0 Å². The van der Waals surface area contributed by atoms with E-state index in [-0.39, 0.29) is 18.3 Å². The van der Waals surface area contributed by atoms with Gasteiger partial charge in [-0.2, -0.15) is 5.10 Å². The van der Waals surface area contributed by atoms with E-state index in [1.807, 2.05) is 45.4 Å². The summed E-state index contributed by atoms with van der Waals surface area (Å²) in [5, 5.41) is 5.04. The van der Waals surface area contributed by atoms with Crippen LogP contribution in [0.1, 0.15) is 23.8 Å². The number of fused-ring (bicyclic) bond motifs is 1. The first kappa shape index (κ1) is 22.1.